The number of aryl methyl sites for hydroxylation is 1. The molecule has 1 N–H and O–H groups in total. The standard InChI is InChI=1S/C22H18N2O3/c1-12-18(16-6-4-5-7-17(16)23-12)20-19(21(26)24(3)22(20)27)15-10-8-14(9-11-15)13(2)25/h4-11,23H,1-3H3. The second kappa shape index (κ2) is 6.06. The maximum absolute atomic E-state index is 12.9. The summed E-state index contributed by atoms with van der Waals surface area (Å²) >= 11 is 0. The highest BCUT2D eigenvalue weighted by Crippen LogP contribution is 2.39. The van der Waals surface area contributed by atoms with Gasteiger partial charge in [0.15, 0.2) is 5.78 Å². The average molecular weight is 358 g/mol. The molecule has 0 radical (unpaired) electrons. The molecule has 0 spiro atoms. The molecule has 0 saturated carbocycles. The summed E-state index contributed by atoms with van der Waals surface area (Å²) in [6.45, 7) is 3.39. The van der Waals surface area contributed by atoms with Gasteiger partial charge < -0.3 is 4.98 Å². The Morgan fingerprint density at radius 1 is 0.926 bits per heavy atom. The summed E-state index contributed by atoms with van der Waals surface area (Å²) in [5.41, 5.74) is 4.45. The van der Waals surface area contributed by atoms with Gasteiger partial charge in [0, 0.05) is 34.8 Å². The Labute approximate surface area is 156 Å². The maximum Gasteiger partial charge on any atom is 0.262 e. The number of aromatic amines is 1. The van der Waals surface area contributed by atoms with E-state index in [1.54, 1.807) is 24.3 Å². The van der Waals surface area contributed by atoms with Crippen LogP contribution in [0.3, 0.4) is 0 Å². The summed E-state index contributed by atoms with van der Waals surface area (Å²) in [7, 11) is 1.49. The van der Waals surface area contributed by atoms with Gasteiger partial charge in [-0.3, -0.25) is 19.3 Å². The van der Waals surface area contributed by atoms with Gasteiger partial charge in [0.05, 0.1) is 11.1 Å². The zero-order valence-corrected chi connectivity index (χ0v) is 15.3. The lowest BCUT2D eigenvalue weighted by Crippen LogP contribution is -2.26. The van der Waals surface area contributed by atoms with Crippen LogP contribution in [0.25, 0.3) is 22.0 Å². The zero-order chi connectivity index (χ0) is 19.3. The minimum atomic E-state index is -0.338. The van der Waals surface area contributed by atoms with Crippen molar-refractivity contribution in [3.05, 3.63) is 70.9 Å². The molecule has 0 unspecified atom stereocenters. The molecule has 3 aromatic rings. The van der Waals surface area contributed by atoms with E-state index in [-0.39, 0.29) is 17.6 Å². The first kappa shape index (κ1) is 17.0. The molecule has 0 aliphatic carbocycles. The number of hydrogen-bond donors (Lipinski definition) is 1. The summed E-state index contributed by atoms with van der Waals surface area (Å²) in [5.74, 6) is -0.706. The van der Waals surface area contributed by atoms with Crippen molar-refractivity contribution in [1.82, 2.24) is 9.88 Å². The number of nitrogens with one attached hydrogen (secondary N) is 1. The molecular formula is C22H18N2O3. The van der Waals surface area contributed by atoms with Gasteiger partial charge in [0.2, 0.25) is 0 Å². The monoisotopic (exact) mass is 358 g/mol. The van der Waals surface area contributed by atoms with E-state index in [2.05, 4.69) is 4.98 Å². The fraction of sp³-hybridized carbons (Fsp3) is 0.136. The normalized spacial score (nSPS) is 14.6. The van der Waals surface area contributed by atoms with Gasteiger partial charge in [-0.25, -0.2) is 0 Å². The highest BCUT2D eigenvalue weighted by atomic mass is 16.2. The van der Waals surface area contributed by atoms with E-state index in [0.29, 0.717) is 22.3 Å². The number of hydrogen-bond acceptors (Lipinski definition) is 3. The highest BCUT2D eigenvalue weighted by molar-refractivity contribution is 6.49. The van der Waals surface area contributed by atoms with Crippen LogP contribution in [0.2, 0.25) is 0 Å². The Bertz CT molecular complexity index is 1150. The molecule has 0 atom stereocenters. The summed E-state index contributed by atoms with van der Waals surface area (Å²) in [6.07, 6.45) is 0. The molecular weight excluding hydrogens is 340 g/mol. The van der Waals surface area contributed by atoms with Crippen LogP contribution >= 0.6 is 0 Å². The molecule has 0 saturated heterocycles. The number of aromatic nitrogens is 1. The van der Waals surface area contributed by atoms with Crippen molar-refractivity contribution in [1.29, 1.82) is 0 Å². The first-order valence-corrected chi connectivity index (χ1v) is 8.66. The second-order valence-electron chi connectivity index (χ2n) is 6.72. The number of rotatable bonds is 3. The van der Waals surface area contributed by atoms with Crippen molar-refractivity contribution in [2.45, 2.75) is 13.8 Å². The van der Waals surface area contributed by atoms with Gasteiger partial charge in [-0.1, -0.05) is 42.5 Å². The van der Waals surface area contributed by atoms with Gasteiger partial charge in [0.25, 0.3) is 11.8 Å². The third-order valence-corrected chi connectivity index (χ3v) is 5.01. The Kier molecular flexibility index (Phi) is 3.81. The Morgan fingerprint density at radius 2 is 1.56 bits per heavy atom. The lowest BCUT2D eigenvalue weighted by Gasteiger charge is -2.06. The SMILES string of the molecule is CC(=O)c1ccc(C2=C(c3c(C)[nH]c4ccccc34)C(=O)N(C)C2=O)cc1. The number of H-pyrrole nitrogens is 1. The van der Waals surface area contributed by atoms with Gasteiger partial charge in [-0.15, -0.1) is 0 Å². The third-order valence-electron chi connectivity index (χ3n) is 5.01. The maximum atomic E-state index is 12.9. The fourth-order valence-electron chi connectivity index (χ4n) is 3.61. The van der Waals surface area contributed by atoms with Crippen LogP contribution in [-0.4, -0.2) is 34.5 Å². The zero-order valence-electron chi connectivity index (χ0n) is 15.3. The summed E-state index contributed by atoms with van der Waals surface area (Å²) in [4.78, 5) is 41.8. The molecule has 1 aromatic heterocycles. The Balaban J connectivity index is 2.01. The predicted octanol–water partition coefficient (Wildman–Crippen LogP) is 3.59. The van der Waals surface area contributed by atoms with Crippen molar-refractivity contribution in [2.24, 2.45) is 0 Å². The van der Waals surface area contributed by atoms with E-state index in [4.69, 9.17) is 0 Å². The molecule has 1 aliphatic heterocycles. The quantitative estimate of drug-likeness (QED) is 0.575. The number of nitrogens with zero attached hydrogens (tertiary/aromatic N) is 1. The molecule has 2 amide bonds. The van der Waals surface area contributed by atoms with Crippen molar-refractivity contribution in [3.63, 3.8) is 0 Å². The van der Waals surface area contributed by atoms with Gasteiger partial charge in [-0.2, -0.15) is 0 Å². The number of ketones is 1. The lowest BCUT2D eigenvalue weighted by atomic mass is 9.93. The molecule has 27 heavy (non-hydrogen) atoms. The number of imide groups is 1. The van der Waals surface area contributed by atoms with Gasteiger partial charge in [0.1, 0.15) is 0 Å². The number of Topliss-reactive ketones (excluding diaryl/α,β-unsaturated/α-hetero) is 1. The minimum absolute atomic E-state index is 0.0471. The van der Waals surface area contributed by atoms with Crippen LogP contribution in [0.4, 0.5) is 0 Å². The molecule has 2 heterocycles. The highest BCUT2D eigenvalue weighted by Gasteiger charge is 2.38. The first-order chi connectivity index (χ1) is 12.9. The van der Waals surface area contributed by atoms with E-state index in [0.717, 1.165) is 27.1 Å². The number of amides is 2. The summed E-state index contributed by atoms with van der Waals surface area (Å²) in [5, 5.41) is 0.902. The van der Waals surface area contributed by atoms with Crippen molar-refractivity contribution in [2.75, 3.05) is 7.05 Å². The minimum Gasteiger partial charge on any atom is -0.358 e. The number of fused-ring (bicyclic) bond motifs is 1. The average Bonchev–Trinajstić information content (AvgIpc) is 3.10. The van der Waals surface area contributed by atoms with Crippen LogP contribution in [-0.2, 0) is 9.59 Å². The van der Waals surface area contributed by atoms with E-state index in [1.807, 2.05) is 31.2 Å². The molecule has 5 heteroatoms. The number of carbonyl (C=O) groups excluding carboxylic acids is 3. The fourth-order valence-corrected chi connectivity index (χ4v) is 3.61. The number of para-hydroxylation sites is 1. The number of carbonyl (C=O) groups is 3. The van der Waals surface area contributed by atoms with Crippen molar-refractivity contribution >= 4 is 39.6 Å². The Hall–Kier alpha value is -3.47. The second-order valence-corrected chi connectivity index (χ2v) is 6.72. The molecule has 5 nitrogen and oxygen atoms in total. The van der Waals surface area contributed by atoms with E-state index in [1.165, 1.54) is 14.0 Å². The van der Waals surface area contributed by atoms with Crippen LogP contribution in [0.15, 0.2) is 48.5 Å². The summed E-state index contributed by atoms with van der Waals surface area (Å²) in [6, 6.07) is 14.5. The summed E-state index contributed by atoms with van der Waals surface area (Å²) < 4.78 is 0. The van der Waals surface area contributed by atoms with Crippen molar-refractivity contribution < 1.29 is 14.4 Å². The number of benzene rings is 2. The number of likely N-dealkylation sites (N-methyl/N-ethyl adjacent to an activating group) is 1. The van der Waals surface area contributed by atoms with Gasteiger partial charge in [-0.05, 0) is 25.5 Å². The predicted molar refractivity (Wildman–Crippen MR) is 104 cm³/mol. The van der Waals surface area contributed by atoms with Crippen molar-refractivity contribution in [3.8, 4) is 0 Å². The first-order valence-electron chi connectivity index (χ1n) is 8.66. The lowest BCUT2D eigenvalue weighted by molar-refractivity contribution is -0.134. The topological polar surface area (TPSA) is 70.2 Å². The molecule has 0 fully saturated rings. The van der Waals surface area contributed by atoms with E-state index < -0.39 is 0 Å². The van der Waals surface area contributed by atoms with Crippen LogP contribution in [0, 0.1) is 6.92 Å². The molecule has 1 aliphatic rings. The van der Waals surface area contributed by atoms with Gasteiger partial charge >= 0.3 is 0 Å². The molecule has 134 valence electrons. The van der Waals surface area contributed by atoms with Crippen LogP contribution < -0.4 is 0 Å². The van der Waals surface area contributed by atoms with E-state index in [9.17, 15) is 14.4 Å². The van der Waals surface area contributed by atoms with E-state index >= 15 is 0 Å². The third kappa shape index (κ3) is 2.51. The van der Waals surface area contributed by atoms with Crippen LogP contribution in [0.1, 0.15) is 34.1 Å². The largest absolute Gasteiger partial charge is 0.358 e. The van der Waals surface area contributed by atoms with Crippen LogP contribution in [0.5, 0.6) is 0 Å². The molecule has 0 bridgehead atoms. The molecule has 2 aromatic carbocycles. The smallest absolute Gasteiger partial charge is 0.262 e. The Morgan fingerprint density at radius 3 is 2.22 bits per heavy atom. The molecule has 4 rings (SSSR count).